The summed E-state index contributed by atoms with van der Waals surface area (Å²) < 4.78 is 0. The highest BCUT2D eigenvalue weighted by Crippen LogP contribution is 2.37. The number of amidine groups is 1. The molecule has 0 aliphatic carbocycles. The standard InChI is InChI=1S/C23H16O6.C13H16N2O/c24-18-9-12-5-1-3-7-14(12)16(20(18)22(26)27)11-17-15-8-4-2-6-13(15)10-19(25)21(17)23(28)29;1-15-9-3-8-14-13(15)7-6-11-4-2-5-12(16)10-11/h1-10,24-25H,11H2,(H,26,27)(H,28,29);2,4-7,10,16H,3,8-9H2,1H3/b;7-6+. The molecule has 0 saturated carbocycles. The van der Waals surface area contributed by atoms with Crippen molar-refractivity contribution in [3.8, 4) is 17.2 Å². The minimum Gasteiger partial charge on any atom is -0.508 e. The number of nitrogens with zero attached hydrogens (tertiary/aromatic N) is 2. The van der Waals surface area contributed by atoms with Crippen molar-refractivity contribution >= 4 is 45.4 Å². The van der Waals surface area contributed by atoms with E-state index in [1.807, 2.05) is 31.3 Å². The second-order valence-corrected chi connectivity index (χ2v) is 10.7. The number of hydrogen-bond acceptors (Lipinski definition) is 7. The molecule has 0 unspecified atom stereocenters. The number of aromatic hydroxyl groups is 3. The number of phenols is 3. The third-order valence-electron chi connectivity index (χ3n) is 7.66. The van der Waals surface area contributed by atoms with Gasteiger partial charge < -0.3 is 30.4 Å². The smallest absolute Gasteiger partial charge is 0.339 e. The predicted octanol–water partition coefficient (Wildman–Crippen LogP) is 6.53. The van der Waals surface area contributed by atoms with Crippen molar-refractivity contribution in [1.29, 1.82) is 0 Å². The molecular formula is C36H32N2O7. The monoisotopic (exact) mass is 604 g/mol. The molecule has 6 rings (SSSR count). The van der Waals surface area contributed by atoms with Gasteiger partial charge in [-0.25, -0.2) is 9.59 Å². The molecule has 9 nitrogen and oxygen atoms in total. The third-order valence-corrected chi connectivity index (χ3v) is 7.66. The average Bonchev–Trinajstić information content (AvgIpc) is 3.00. The summed E-state index contributed by atoms with van der Waals surface area (Å²) in [7, 11) is 2.05. The molecule has 0 saturated heterocycles. The molecule has 45 heavy (non-hydrogen) atoms. The minimum atomic E-state index is -1.32. The van der Waals surface area contributed by atoms with Crippen LogP contribution in [0.25, 0.3) is 27.6 Å². The average molecular weight is 605 g/mol. The summed E-state index contributed by atoms with van der Waals surface area (Å²) in [6.07, 6.45) is 5.00. The van der Waals surface area contributed by atoms with Gasteiger partial charge in [-0.15, -0.1) is 0 Å². The Morgan fingerprint density at radius 1 is 0.756 bits per heavy atom. The topological polar surface area (TPSA) is 151 Å². The Morgan fingerprint density at radius 3 is 1.82 bits per heavy atom. The Hall–Kier alpha value is -5.83. The van der Waals surface area contributed by atoms with Crippen LogP contribution in [0, 0.1) is 0 Å². The van der Waals surface area contributed by atoms with Crippen molar-refractivity contribution in [2.24, 2.45) is 4.99 Å². The number of phenolic OH excluding ortho intramolecular Hbond substituents is 1. The molecule has 0 radical (unpaired) electrons. The molecule has 0 aromatic heterocycles. The molecule has 0 amide bonds. The number of hydrogen-bond donors (Lipinski definition) is 5. The maximum atomic E-state index is 11.9. The molecule has 0 fully saturated rings. The molecular weight excluding hydrogens is 572 g/mol. The highest BCUT2D eigenvalue weighted by Gasteiger charge is 2.24. The van der Waals surface area contributed by atoms with Crippen LogP contribution >= 0.6 is 0 Å². The fraction of sp³-hybridized carbons (Fsp3) is 0.139. The van der Waals surface area contributed by atoms with Gasteiger partial charge >= 0.3 is 11.9 Å². The van der Waals surface area contributed by atoms with Crippen LogP contribution in [0.2, 0.25) is 0 Å². The molecule has 1 aliphatic rings. The molecule has 9 heteroatoms. The number of carbonyl (C=O) groups is 2. The number of aliphatic imine (C=N–C) groups is 1. The molecule has 1 heterocycles. The SMILES string of the molecule is CN1CCCN=C1/C=C/c1cccc(O)c1.O=C(O)c1c(O)cc2ccccc2c1Cc1c(C(=O)O)c(O)cc2ccccc12. The van der Waals surface area contributed by atoms with Crippen molar-refractivity contribution in [2.75, 3.05) is 20.1 Å². The van der Waals surface area contributed by atoms with Gasteiger partial charge in [0.15, 0.2) is 0 Å². The Kier molecular flexibility index (Phi) is 8.99. The van der Waals surface area contributed by atoms with E-state index in [0.29, 0.717) is 27.3 Å². The van der Waals surface area contributed by atoms with Gasteiger partial charge in [-0.3, -0.25) is 4.99 Å². The van der Waals surface area contributed by atoms with Crippen LogP contribution in [0.3, 0.4) is 0 Å². The van der Waals surface area contributed by atoms with Crippen LogP contribution in [0.4, 0.5) is 0 Å². The molecule has 5 aromatic carbocycles. The highest BCUT2D eigenvalue weighted by molar-refractivity contribution is 6.04. The number of benzene rings is 5. The van der Waals surface area contributed by atoms with Crippen molar-refractivity contribution in [2.45, 2.75) is 12.8 Å². The summed E-state index contributed by atoms with van der Waals surface area (Å²) in [6, 6.07) is 23.9. The van der Waals surface area contributed by atoms with Crippen molar-refractivity contribution < 1.29 is 35.1 Å². The maximum absolute atomic E-state index is 11.9. The van der Waals surface area contributed by atoms with E-state index in [0.717, 1.165) is 30.9 Å². The van der Waals surface area contributed by atoms with E-state index in [2.05, 4.69) is 9.89 Å². The van der Waals surface area contributed by atoms with E-state index >= 15 is 0 Å². The number of rotatable bonds is 6. The Balaban J connectivity index is 0.000000211. The van der Waals surface area contributed by atoms with E-state index in [1.165, 1.54) is 12.1 Å². The normalized spacial score (nSPS) is 13.0. The van der Waals surface area contributed by atoms with Gasteiger partial charge in [0.05, 0.1) is 0 Å². The summed E-state index contributed by atoms with van der Waals surface area (Å²) in [5.41, 5.74) is 0.985. The van der Waals surface area contributed by atoms with E-state index < -0.39 is 23.4 Å². The van der Waals surface area contributed by atoms with E-state index in [1.54, 1.807) is 60.7 Å². The van der Waals surface area contributed by atoms with Gasteiger partial charge in [-0.2, -0.15) is 0 Å². The molecule has 5 N–H and O–H groups in total. The van der Waals surface area contributed by atoms with E-state index in [-0.39, 0.29) is 28.7 Å². The van der Waals surface area contributed by atoms with Crippen LogP contribution in [0.1, 0.15) is 43.8 Å². The van der Waals surface area contributed by atoms with Crippen LogP contribution < -0.4 is 0 Å². The highest BCUT2D eigenvalue weighted by atomic mass is 16.4. The number of fused-ring (bicyclic) bond motifs is 2. The van der Waals surface area contributed by atoms with Gasteiger partial charge in [0.25, 0.3) is 0 Å². The first-order valence-corrected chi connectivity index (χ1v) is 14.3. The zero-order valence-corrected chi connectivity index (χ0v) is 24.5. The summed E-state index contributed by atoms with van der Waals surface area (Å²) in [4.78, 5) is 30.4. The van der Waals surface area contributed by atoms with Gasteiger partial charge in [0.1, 0.15) is 34.2 Å². The Bertz CT molecular complexity index is 1880. The Labute approximate surface area is 259 Å². The van der Waals surface area contributed by atoms with E-state index in [9.17, 15) is 35.1 Å². The lowest BCUT2D eigenvalue weighted by Crippen LogP contribution is -2.30. The van der Waals surface area contributed by atoms with Crippen molar-refractivity contribution in [1.82, 2.24) is 4.90 Å². The molecule has 5 aromatic rings. The fourth-order valence-corrected chi connectivity index (χ4v) is 5.55. The molecule has 0 bridgehead atoms. The summed E-state index contributed by atoms with van der Waals surface area (Å²) in [6.45, 7) is 1.97. The number of carboxylic acid groups (broad SMARTS) is 2. The van der Waals surface area contributed by atoms with Gasteiger partial charge in [0.2, 0.25) is 0 Å². The van der Waals surface area contributed by atoms with Gasteiger partial charge in [-0.1, -0.05) is 66.7 Å². The van der Waals surface area contributed by atoms with Gasteiger partial charge in [0, 0.05) is 26.6 Å². The Morgan fingerprint density at radius 2 is 1.31 bits per heavy atom. The van der Waals surface area contributed by atoms with Crippen LogP contribution in [0.5, 0.6) is 17.2 Å². The first-order valence-electron chi connectivity index (χ1n) is 14.3. The summed E-state index contributed by atoms with van der Waals surface area (Å²) in [5, 5.41) is 51.9. The number of carboxylic acids is 2. The molecule has 0 atom stereocenters. The van der Waals surface area contributed by atoms with Crippen LogP contribution in [0.15, 0.2) is 96.0 Å². The molecule has 1 aliphatic heterocycles. The fourth-order valence-electron chi connectivity index (χ4n) is 5.55. The van der Waals surface area contributed by atoms with Crippen LogP contribution in [-0.4, -0.2) is 68.3 Å². The first kappa shape index (κ1) is 30.6. The lowest BCUT2D eigenvalue weighted by atomic mass is 9.88. The lowest BCUT2D eigenvalue weighted by Gasteiger charge is -2.22. The molecule has 0 spiro atoms. The van der Waals surface area contributed by atoms with Crippen LogP contribution in [-0.2, 0) is 6.42 Å². The lowest BCUT2D eigenvalue weighted by molar-refractivity contribution is 0.0683. The van der Waals surface area contributed by atoms with Gasteiger partial charge in [-0.05, 0) is 75.0 Å². The molecule has 228 valence electrons. The number of likely N-dealkylation sites (N-methyl/N-ethyl adjacent to an activating group) is 1. The summed E-state index contributed by atoms with van der Waals surface area (Å²) >= 11 is 0. The minimum absolute atomic E-state index is 0.0902. The quantitative estimate of drug-likeness (QED) is 0.147. The largest absolute Gasteiger partial charge is 0.508 e. The zero-order valence-electron chi connectivity index (χ0n) is 24.5. The maximum Gasteiger partial charge on any atom is 0.339 e. The van der Waals surface area contributed by atoms with E-state index in [4.69, 9.17) is 0 Å². The summed E-state index contributed by atoms with van der Waals surface area (Å²) in [5.74, 6) is -2.12. The second kappa shape index (κ2) is 13.2. The predicted molar refractivity (Wildman–Crippen MR) is 175 cm³/mol. The third kappa shape index (κ3) is 6.73. The zero-order chi connectivity index (χ0) is 32.1. The first-order chi connectivity index (χ1) is 21.6. The van der Waals surface area contributed by atoms with Crippen molar-refractivity contribution in [3.05, 3.63) is 119 Å². The number of aromatic carboxylic acids is 2. The second-order valence-electron chi connectivity index (χ2n) is 10.7. The van der Waals surface area contributed by atoms with Crippen molar-refractivity contribution in [3.63, 3.8) is 0 Å².